The molecule has 4 heteroatoms. The van der Waals surface area contributed by atoms with Crippen molar-refractivity contribution in [1.82, 2.24) is 14.8 Å². The first-order valence-corrected chi connectivity index (χ1v) is 9.67. The monoisotopic (exact) mass is 345 g/mol. The molecular weight excluding hydrogens is 322 g/mol. The maximum atomic E-state index is 6.21. The van der Waals surface area contributed by atoms with Crippen LogP contribution in [0.1, 0.15) is 37.7 Å². The molecule has 0 spiro atoms. The van der Waals surface area contributed by atoms with Gasteiger partial charge in [-0.3, -0.25) is 0 Å². The van der Waals surface area contributed by atoms with E-state index in [9.17, 15) is 0 Å². The topological polar surface area (TPSA) is 39.9 Å². The van der Waals surface area contributed by atoms with Gasteiger partial charge in [-0.05, 0) is 49.8 Å². The summed E-state index contributed by atoms with van der Waals surface area (Å²) in [6.45, 7) is 0.887. The summed E-state index contributed by atoms with van der Waals surface area (Å²) in [6.07, 6.45) is 7.59. The summed E-state index contributed by atoms with van der Waals surface area (Å²) < 4.78 is 8.25. The zero-order valence-electron chi connectivity index (χ0n) is 14.9. The van der Waals surface area contributed by atoms with E-state index in [1.807, 2.05) is 16.8 Å². The molecule has 0 unspecified atom stereocenters. The van der Waals surface area contributed by atoms with Gasteiger partial charge in [-0.25, -0.2) is 9.67 Å². The number of aromatic nitrogens is 3. The van der Waals surface area contributed by atoms with E-state index in [1.54, 1.807) is 0 Å². The molecule has 0 amide bonds. The predicted molar refractivity (Wildman–Crippen MR) is 102 cm³/mol. The molecule has 0 saturated heterocycles. The Morgan fingerprint density at radius 2 is 1.85 bits per heavy atom. The third-order valence-corrected chi connectivity index (χ3v) is 5.47. The Labute approximate surface area is 153 Å². The average molecular weight is 345 g/mol. The highest BCUT2D eigenvalue weighted by molar-refractivity contribution is 5.66. The first-order valence-electron chi connectivity index (χ1n) is 9.67. The minimum atomic E-state index is 0.356. The van der Waals surface area contributed by atoms with Crippen LogP contribution in [0.3, 0.4) is 0 Å². The molecule has 0 atom stereocenters. The van der Waals surface area contributed by atoms with Gasteiger partial charge in [0.05, 0.1) is 6.10 Å². The van der Waals surface area contributed by atoms with Crippen LogP contribution >= 0.6 is 0 Å². The van der Waals surface area contributed by atoms with E-state index < -0.39 is 0 Å². The van der Waals surface area contributed by atoms with Crippen LogP contribution in [0.5, 0.6) is 5.75 Å². The molecule has 5 rings (SSSR count). The maximum Gasteiger partial charge on any atom is 0.181 e. The first-order chi connectivity index (χ1) is 12.9. The zero-order chi connectivity index (χ0) is 17.3. The van der Waals surface area contributed by atoms with Crippen molar-refractivity contribution in [2.45, 2.75) is 51.2 Å². The highest BCUT2D eigenvalue weighted by Gasteiger charge is 2.21. The highest BCUT2D eigenvalue weighted by atomic mass is 16.5. The fraction of sp³-hybridized carbons (Fsp3) is 0.364. The van der Waals surface area contributed by atoms with Crippen molar-refractivity contribution in [3.63, 3.8) is 0 Å². The van der Waals surface area contributed by atoms with Crippen molar-refractivity contribution in [3.05, 3.63) is 54.1 Å². The zero-order valence-corrected chi connectivity index (χ0v) is 14.9. The number of benzene rings is 2. The number of ether oxygens (including phenoxy) is 1. The highest BCUT2D eigenvalue weighted by Crippen LogP contribution is 2.31. The molecule has 1 aliphatic carbocycles. The van der Waals surface area contributed by atoms with Gasteiger partial charge < -0.3 is 4.74 Å². The Morgan fingerprint density at radius 3 is 2.77 bits per heavy atom. The molecule has 1 saturated carbocycles. The third-order valence-electron chi connectivity index (χ3n) is 5.47. The van der Waals surface area contributed by atoms with Crippen LogP contribution in [0.15, 0.2) is 48.5 Å². The second-order valence-electron chi connectivity index (χ2n) is 7.30. The molecule has 26 heavy (non-hydrogen) atoms. The van der Waals surface area contributed by atoms with Crippen molar-refractivity contribution in [2.24, 2.45) is 0 Å². The van der Waals surface area contributed by atoms with Gasteiger partial charge in [0.2, 0.25) is 0 Å². The molecule has 1 fully saturated rings. The Balaban J connectivity index is 1.44. The normalized spacial score (nSPS) is 16.8. The second kappa shape index (κ2) is 6.60. The van der Waals surface area contributed by atoms with Crippen LogP contribution in [0, 0.1) is 0 Å². The standard InChI is InChI=1S/C22H23N3O/c1-2-9-18(10-3-1)26-19-11-6-8-17(15-19)21-23-22-20-12-5-4-7-16(20)13-14-25(22)24-21/h4-8,11-12,15,18H,1-3,9-10,13-14H2. The summed E-state index contributed by atoms with van der Waals surface area (Å²) in [6, 6.07) is 16.7. The van der Waals surface area contributed by atoms with Crippen molar-refractivity contribution < 1.29 is 4.74 Å². The largest absolute Gasteiger partial charge is 0.490 e. The van der Waals surface area contributed by atoms with Gasteiger partial charge in [0.25, 0.3) is 0 Å². The molecule has 4 nitrogen and oxygen atoms in total. The summed E-state index contributed by atoms with van der Waals surface area (Å²) in [4.78, 5) is 4.85. The molecule has 2 heterocycles. The van der Waals surface area contributed by atoms with Crippen LogP contribution in [-0.2, 0) is 13.0 Å². The summed E-state index contributed by atoms with van der Waals surface area (Å²) in [5, 5.41) is 4.76. The summed E-state index contributed by atoms with van der Waals surface area (Å²) >= 11 is 0. The quantitative estimate of drug-likeness (QED) is 0.679. The van der Waals surface area contributed by atoms with Crippen molar-refractivity contribution in [1.29, 1.82) is 0 Å². The summed E-state index contributed by atoms with van der Waals surface area (Å²) in [5.74, 6) is 2.69. The number of aryl methyl sites for hydroxylation is 2. The van der Waals surface area contributed by atoms with E-state index in [0.717, 1.165) is 48.8 Å². The van der Waals surface area contributed by atoms with Gasteiger partial charge in [0.1, 0.15) is 5.75 Å². The van der Waals surface area contributed by atoms with Crippen LogP contribution in [0.25, 0.3) is 22.8 Å². The first kappa shape index (κ1) is 15.6. The Kier molecular flexibility index (Phi) is 3.96. The number of hydrogen-bond acceptors (Lipinski definition) is 3. The van der Waals surface area contributed by atoms with Gasteiger partial charge in [-0.15, -0.1) is 0 Å². The van der Waals surface area contributed by atoms with E-state index in [-0.39, 0.29) is 0 Å². The average Bonchev–Trinajstić information content (AvgIpc) is 3.14. The number of rotatable bonds is 3. The lowest BCUT2D eigenvalue weighted by Crippen LogP contribution is -2.19. The van der Waals surface area contributed by atoms with Gasteiger partial charge in [-0.1, -0.05) is 42.8 Å². The molecule has 2 aliphatic rings. The van der Waals surface area contributed by atoms with Crippen LogP contribution in [-0.4, -0.2) is 20.9 Å². The van der Waals surface area contributed by atoms with E-state index in [1.165, 1.54) is 30.4 Å². The fourth-order valence-corrected chi connectivity index (χ4v) is 4.09. The lowest BCUT2D eigenvalue weighted by atomic mass is 9.98. The summed E-state index contributed by atoms with van der Waals surface area (Å²) in [5.41, 5.74) is 3.58. The minimum absolute atomic E-state index is 0.356. The van der Waals surface area contributed by atoms with Gasteiger partial charge in [0.15, 0.2) is 11.6 Å². The molecule has 1 aliphatic heterocycles. The molecule has 1 aromatic heterocycles. The van der Waals surface area contributed by atoms with E-state index in [4.69, 9.17) is 14.8 Å². The minimum Gasteiger partial charge on any atom is -0.490 e. The Bertz CT molecular complexity index is 925. The molecule has 132 valence electrons. The predicted octanol–water partition coefficient (Wildman–Crippen LogP) is 4.88. The number of fused-ring (bicyclic) bond motifs is 3. The molecule has 0 bridgehead atoms. The van der Waals surface area contributed by atoms with Crippen molar-refractivity contribution >= 4 is 0 Å². The Morgan fingerprint density at radius 1 is 0.962 bits per heavy atom. The van der Waals surface area contributed by atoms with Crippen LogP contribution in [0.2, 0.25) is 0 Å². The van der Waals surface area contributed by atoms with Gasteiger partial charge >= 0.3 is 0 Å². The lowest BCUT2D eigenvalue weighted by molar-refractivity contribution is 0.155. The van der Waals surface area contributed by atoms with Crippen molar-refractivity contribution in [3.8, 4) is 28.5 Å². The summed E-state index contributed by atoms with van der Waals surface area (Å²) in [7, 11) is 0. The molecular formula is C22H23N3O. The number of nitrogens with zero attached hydrogens (tertiary/aromatic N) is 3. The molecule has 2 aromatic carbocycles. The third kappa shape index (κ3) is 2.90. The van der Waals surface area contributed by atoms with Gasteiger partial charge in [-0.2, -0.15) is 5.10 Å². The van der Waals surface area contributed by atoms with E-state index >= 15 is 0 Å². The van der Waals surface area contributed by atoms with Crippen LogP contribution in [0.4, 0.5) is 0 Å². The smallest absolute Gasteiger partial charge is 0.181 e. The molecule has 0 radical (unpaired) electrons. The number of hydrogen-bond donors (Lipinski definition) is 0. The second-order valence-corrected chi connectivity index (χ2v) is 7.30. The molecule has 3 aromatic rings. The van der Waals surface area contributed by atoms with Crippen LogP contribution < -0.4 is 4.74 Å². The van der Waals surface area contributed by atoms with Crippen molar-refractivity contribution in [2.75, 3.05) is 0 Å². The van der Waals surface area contributed by atoms with E-state index in [0.29, 0.717) is 6.10 Å². The fourth-order valence-electron chi connectivity index (χ4n) is 4.09. The molecule has 0 N–H and O–H groups in total. The van der Waals surface area contributed by atoms with Gasteiger partial charge in [0, 0.05) is 17.7 Å². The Hall–Kier alpha value is -2.62. The van der Waals surface area contributed by atoms with E-state index in [2.05, 4.69) is 36.4 Å². The SMILES string of the molecule is c1cc(OC2CCCCC2)cc(-c2nc3n(n2)CCc2ccccc2-3)c1. The lowest BCUT2D eigenvalue weighted by Gasteiger charge is -2.23. The maximum absolute atomic E-state index is 6.21.